The molecular weight excluding hydrogens is 362 g/mol. The maximum Gasteiger partial charge on any atom is 0.355 e. The number of aryl methyl sites for hydroxylation is 1. The summed E-state index contributed by atoms with van der Waals surface area (Å²) in [7, 11) is 0. The minimum Gasteiger partial charge on any atom is -0.461 e. The third-order valence-electron chi connectivity index (χ3n) is 6.11. The van der Waals surface area contributed by atoms with Gasteiger partial charge in [-0.25, -0.2) is 4.79 Å². The zero-order chi connectivity index (χ0) is 20.8. The molecule has 2 aromatic heterocycles. The van der Waals surface area contributed by atoms with Crippen LogP contribution in [-0.2, 0) is 16.7 Å². The number of ether oxygens (including phenoxy) is 1. The van der Waals surface area contributed by atoms with Gasteiger partial charge in [-0.15, -0.1) is 0 Å². The Kier molecular flexibility index (Phi) is 4.66. The van der Waals surface area contributed by atoms with Gasteiger partial charge < -0.3 is 9.30 Å². The summed E-state index contributed by atoms with van der Waals surface area (Å²) in [6.45, 7) is 8.34. The number of esters is 1. The van der Waals surface area contributed by atoms with Gasteiger partial charge in [-0.3, -0.25) is 4.98 Å². The smallest absolute Gasteiger partial charge is 0.355 e. The second-order valence-electron chi connectivity index (χ2n) is 7.78. The summed E-state index contributed by atoms with van der Waals surface area (Å²) >= 11 is 0. The summed E-state index contributed by atoms with van der Waals surface area (Å²) in [4.78, 5) is 17.1. The highest BCUT2D eigenvalue weighted by atomic mass is 16.5. The highest BCUT2D eigenvalue weighted by Crippen LogP contribution is 2.52. The van der Waals surface area contributed by atoms with Crippen molar-refractivity contribution in [1.82, 2.24) is 9.55 Å². The lowest BCUT2D eigenvalue weighted by atomic mass is 9.98. The van der Waals surface area contributed by atoms with Crippen molar-refractivity contribution in [2.45, 2.75) is 46.1 Å². The largest absolute Gasteiger partial charge is 0.461 e. The van der Waals surface area contributed by atoms with Crippen molar-refractivity contribution in [3.63, 3.8) is 0 Å². The Labute approximate surface area is 170 Å². The topological polar surface area (TPSA) is 67.9 Å². The van der Waals surface area contributed by atoms with Gasteiger partial charge in [-0.05, 0) is 73.6 Å². The molecule has 0 amide bonds. The third-order valence-corrected chi connectivity index (χ3v) is 6.11. The molecule has 1 aliphatic carbocycles. The zero-order valence-corrected chi connectivity index (χ0v) is 17.3. The van der Waals surface area contributed by atoms with Crippen molar-refractivity contribution in [1.29, 1.82) is 5.26 Å². The number of hydrogen-bond donors (Lipinski definition) is 0. The molecule has 1 aliphatic rings. The van der Waals surface area contributed by atoms with Crippen molar-refractivity contribution >= 4 is 16.9 Å². The number of nitrogens with zero attached hydrogens (tertiary/aromatic N) is 3. The summed E-state index contributed by atoms with van der Waals surface area (Å²) in [6, 6.07) is 12.5. The molecule has 1 saturated carbocycles. The summed E-state index contributed by atoms with van der Waals surface area (Å²) in [5, 5.41) is 10.8. The van der Waals surface area contributed by atoms with Crippen LogP contribution in [0, 0.1) is 24.2 Å². The molecule has 5 nitrogen and oxygen atoms in total. The van der Waals surface area contributed by atoms with E-state index in [-0.39, 0.29) is 11.9 Å². The number of fused-ring (bicyclic) bond motifs is 1. The van der Waals surface area contributed by atoms with Gasteiger partial charge in [-0.2, -0.15) is 5.26 Å². The highest BCUT2D eigenvalue weighted by molar-refractivity contribution is 5.97. The number of benzene rings is 1. The van der Waals surface area contributed by atoms with E-state index < -0.39 is 5.54 Å². The van der Waals surface area contributed by atoms with Gasteiger partial charge in [0.15, 0.2) is 0 Å². The van der Waals surface area contributed by atoms with Crippen molar-refractivity contribution in [2.24, 2.45) is 5.92 Å². The van der Waals surface area contributed by atoms with Gasteiger partial charge in [-0.1, -0.05) is 19.9 Å². The average Bonchev–Trinajstić information content (AvgIpc) is 3.23. The van der Waals surface area contributed by atoms with Crippen LogP contribution < -0.4 is 0 Å². The SMILES string of the molecule is CCOC(=O)c1cc2cc(-c3ccnc(CC)c3C)ccc2n1[C@@]1(C#N)C[C@@H]1C. The number of rotatable bonds is 5. The molecule has 0 unspecified atom stereocenters. The Bertz CT molecular complexity index is 1150. The number of pyridine rings is 1. The lowest BCUT2D eigenvalue weighted by molar-refractivity contribution is 0.0512. The minimum absolute atomic E-state index is 0.200. The first-order valence-corrected chi connectivity index (χ1v) is 10.2. The molecular formula is C24H25N3O2. The van der Waals surface area contributed by atoms with E-state index in [4.69, 9.17) is 4.74 Å². The Morgan fingerprint density at radius 2 is 2.10 bits per heavy atom. The predicted molar refractivity (Wildman–Crippen MR) is 113 cm³/mol. The molecule has 0 spiro atoms. The van der Waals surface area contributed by atoms with Gasteiger partial charge in [0.25, 0.3) is 0 Å². The molecule has 2 atom stereocenters. The predicted octanol–water partition coefficient (Wildman–Crippen LogP) is 5.01. The monoisotopic (exact) mass is 387 g/mol. The summed E-state index contributed by atoms with van der Waals surface area (Å²) < 4.78 is 7.18. The van der Waals surface area contributed by atoms with Crippen molar-refractivity contribution in [3.05, 3.63) is 53.5 Å². The second kappa shape index (κ2) is 7.04. The lowest BCUT2D eigenvalue weighted by Gasteiger charge is -2.16. The molecule has 0 aliphatic heterocycles. The standard InChI is InChI=1S/C24H25N3O2/c1-5-20-16(4)19(9-10-26-20)17-7-8-21-18(11-17)12-22(23(28)29-6-2)27(21)24(14-25)13-15(24)3/h7-12,15H,5-6,13H2,1-4H3/t15-,24+/m0/s1. The normalized spacial score (nSPS) is 20.4. The second-order valence-corrected chi connectivity index (χ2v) is 7.78. The van der Waals surface area contributed by atoms with Crippen molar-refractivity contribution in [2.75, 3.05) is 6.61 Å². The molecule has 1 aromatic carbocycles. The van der Waals surface area contributed by atoms with Gasteiger partial charge >= 0.3 is 5.97 Å². The zero-order valence-electron chi connectivity index (χ0n) is 17.3. The van der Waals surface area contributed by atoms with E-state index in [0.717, 1.165) is 40.6 Å². The van der Waals surface area contributed by atoms with Crippen LogP contribution in [0.3, 0.4) is 0 Å². The highest BCUT2D eigenvalue weighted by Gasteiger charge is 2.55. The minimum atomic E-state index is -0.673. The molecule has 3 aromatic rings. The average molecular weight is 387 g/mol. The molecule has 5 heteroatoms. The molecule has 1 fully saturated rings. The lowest BCUT2D eigenvalue weighted by Crippen LogP contribution is -2.23. The molecule has 0 N–H and O–H groups in total. The maximum absolute atomic E-state index is 12.7. The fourth-order valence-electron chi connectivity index (χ4n) is 4.34. The first-order valence-electron chi connectivity index (χ1n) is 10.2. The summed E-state index contributed by atoms with van der Waals surface area (Å²) in [5.74, 6) is -0.183. The van der Waals surface area contributed by atoms with Crippen molar-refractivity contribution < 1.29 is 9.53 Å². The van der Waals surface area contributed by atoms with Crippen LogP contribution in [0.4, 0.5) is 0 Å². The van der Waals surface area contributed by atoms with E-state index in [1.54, 1.807) is 6.92 Å². The number of carbonyl (C=O) groups excluding carboxylic acids is 1. The van der Waals surface area contributed by atoms with E-state index in [2.05, 4.69) is 37.0 Å². The van der Waals surface area contributed by atoms with Gasteiger partial charge in [0.1, 0.15) is 11.2 Å². The van der Waals surface area contributed by atoms with E-state index in [1.807, 2.05) is 35.9 Å². The first kappa shape index (κ1) is 19.2. The number of carbonyl (C=O) groups is 1. The molecule has 0 bridgehead atoms. The number of nitriles is 1. The van der Waals surface area contributed by atoms with E-state index in [9.17, 15) is 10.1 Å². The van der Waals surface area contributed by atoms with Crippen LogP contribution in [0.2, 0.25) is 0 Å². The summed E-state index contributed by atoms with van der Waals surface area (Å²) in [6.07, 6.45) is 3.47. The van der Waals surface area contributed by atoms with E-state index in [1.165, 1.54) is 5.56 Å². The quantitative estimate of drug-likeness (QED) is 0.577. The Morgan fingerprint density at radius 3 is 2.72 bits per heavy atom. The Hall–Kier alpha value is -3.13. The molecule has 2 heterocycles. The van der Waals surface area contributed by atoms with Gasteiger partial charge in [0, 0.05) is 17.3 Å². The van der Waals surface area contributed by atoms with Crippen LogP contribution >= 0.6 is 0 Å². The molecule has 4 rings (SSSR count). The number of hydrogen-bond acceptors (Lipinski definition) is 4. The van der Waals surface area contributed by atoms with Crippen LogP contribution in [0.5, 0.6) is 0 Å². The van der Waals surface area contributed by atoms with Gasteiger partial charge in [0.2, 0.25) is 0 Å². The molecule has 0 radical (unpaired) electrons. The Morgan fingerprint density at radius 1 is 1.34 bits per heavy atom. The number of aromatic nitrogens is 2. The summed E-state index contributed by atoms with van der Waals surface area (Å²) in [5.41, 5.74) is 5.14. The van der Waals surface area contributed by atoms with E-state index in [0.29, 0.717) is 12.3 Å². The van der Waals surface area contributed by atoms with Crippen LogP contribution in [0.15, 0.2) is 36.5 Å². The maximum atomic E-state index is 12.7. The fourth-order valence-corrected chi connectivity index (χ4v) is 4.34. The van der Waals surface area contributed by atoms with Crippen molar-refractivity contribution in [3.8, 4) is 17.2 Å². The molecule has 0 saturated heterocycles. The fraction of sp³-hybridized carbons (Fsp3) is 0.375. The third kappa shape index (κ3) is 2.91. The Balaban J connectivity index is 1.92. The van der Waals surface area contributed by atoms with Crippen LogP contribution in [-0.4, -0.2) is 22.1 Å². The van der Waals surface area contributed by atoms with E-state index >= 15 is 0 Å². The molecule has 29 heavy (non-hydrogen) atoms. The van der Waals surface area contributed by atoms with Crippen LogP contribution in [0.1, 0.15) is 48.9 Å². The first-order chi connectivity index (χ1) is 14.0. The van der Waals surface area contributed by atoms with Gasteiger partial charge in [0.05, 0.1) is 18.2 Å². The molecule has 148 valence electrons. The van der Waals surface area contributed by atoms with Crippen LogP contribution in [0.25, 0.3) is 22.0 Å².